The number of fused-ring (bicyclic) bond motifs is 1. The molecule has 2 atom stereocenters. The Morgan fingerprint density at radius 1 is 1.45 bits per heavy atom. The Morgan fingerprint density at radius 3 is 2.69 bits per heavy atom. The van der Waals surface area contributed by atoms with Gasteiger partial charge in [-0.1, -0.05) is 6.42 Å². The third-order valence-corrected chi connectivity index (χ3v) is 6.07. The van der Waals surface area contributed by atoms with Crippen LogP contribution in [0.15, 0.2) is 11.6 Å². The average Bonchev–Trinajstić information content (AvgIpc) is 3.31. The number of amides is 1. The maximum absolute atomic E-state index is 11.7. The van der Waals surface area contributed by atoms with Crippen LogP contribution in [0.1, 0.15) is 24.3 Å². The van der Waals surface area contributed by atoms with E-state index >= 15 is 0 Å². The van der Waals surface area contributed by atoms with Gasteiger partial charge in [0.15, 0.2) is 0 Å². The van der Waals surface area contributed by atoms with Crippen molar-refractivity contribution in [2.24, 2.45) is 11.3 Å². The Bertz CT molecular complexity index is 684. The summed E-state index contributed by atoms with van der Waals surface area (Å²) >= 11 is 1.73. The molecule has 0 spiro atoms. The van der Waals surface area contributed by atoms with Gasteiger partial charge in [0.25, 0.3) is 0 Å². The zero-order valence-corrected chi connectivity index (χ0v) is 17.3. The van der Waals surface area contributed by atoms with Gasteiger partial charge < -0.3 is 14.7 Å². The fourth-order valence-corrected chi connectivity index (χ4v) is 4.53. The van der Waals surface area contributed by atoms with E-state index in [2.05, 4.69) is 9.88 Å². The number of ether oxygens (including phenoxy) is 1. The number of aromatic nitrogens is 1. The molecule has 1 aliphatic carbocycles. The highest BCUT2D eigenvalue weighted by Crippen LogP contribution is 2.49. The van der Waals surface area contributed by atoms with Gasteiger partial charge in [0.05, 0.1) is 13.2 Å². The first-order valence-corrected chi connectivity index (χ1v) is 10.1. The lowest BCUT2D eigenvalue weighted by Gasteiger charge is -2.28. The second kappa shape index (κ2) is 9.86. The van der Waals surface area contributed by atoms with Crippen LogP contribution in [0, 0.1) is 11.3 Å². The number of carbonyl (C=O) groups excluding carboxylic acids is 1. The molecule has 2 fully saturated rings. The molecule has 7 nitrogen and oxygen atoms in total. The van der Waals surface area contributed by atoms with Crippen molar-refractivity contribution in [1.82, 2.24) is 14.8 Å². The number of nitrogens with zero attached hydrogens (tertiary/aromatic N) is 3. The lowest BCUT2D eigenvalue weighted by Crippen LogP contribution is -2.34. The molecule has 0 bridgehead atoms. The summed E-state index contributed by atoms with van der Waals surface area (Å²) in [5, 5.41) is 10.4. The molecule has 11 heteroatoms. The van der Waals surface area contributed by atoms with Crippen molar-refractivity contribution in [2.75, 3.05) is 40.4 Å². The standard InChI is InChI=1S/C16H25N3O2S.C2HF3O2/c1-18(2)15(20)10-21-12-16-5-3-4-13(16)8-19(11-16)9-14-17-6-7-22-14;3-2(4,5)1(6)7/h6-7,13H,3-5,8-12H2,1-2H3;(H,6,7)/t13-,16+;/m1./s1. The topological polar surface area (TPSA) is 83.0 Å². The van der Waals surface area contributed by atoms with E-state index in [1.54, 1.807) is 30.3 Å². The molecule has 1 aromatic rings. The van der Waals surface area contributed by atoms with Crippen LogP contribution in [0.25, 0.3) is 0 Å². The maximum atomic E-state index is 11.7. The van der Waals surface area contributed by atoms with E-state index in [1.165, 1.54) is 24.3 Å². The monoisotopic (exact) mass is 437 g/mol. The lowest BCUT2D eigenvalue weighted by atomic mass is 9.82. The summed E-state index contributed by atoms with van der Waals surface area (Å²) in [6.07, 6.45) is 0.602. The minimum Gasteiger partial charge on any atom is -0.475 e. The number of carboxylic acid groups (broad SMARTS) is 1. The third-order valence-electron chi connectivity index (χ3n) is 5.31. The van der Waals surface area contributed by atoms with E-state index in [-0.39, 0.29) is 17.9 Å². The lowest BCUT2D eigenvalue weighted by molar-refractivity contribution is -0.192. The Morgan fingerprint density at radius 2 is 2.14 bits per heavy atom. The molecule has 2 aliphatic rings. The van der Waals surface area contributed by atoms with Crippen LogP contribution >= 0.6 is 11.3 Å². The van der Waals surface area contributed by atoms with Crippen LogP contribution in [0.4, 0.5) is 13.2 Å². The summed E-state index contributed by atoms with van der Waals surface area (Å²) in [6, 6.07) is 0. The van der Waals surface area contributed by atoms with E-state index in [1.807, 2.05) is 11.6 Å². The Balaban J connectivity index is 0.000000370. The number of rotatable bonds is 6. The predicted octanol–water partition coefficient (Wildman–Crippen LogP) is 2.48. The predicted molar refractivity (Wildman–Crippen MR) is 100 cm³/mol. The summed E-state index contributed by atoms with van der Waals surface area (Å²) in [5.74, 6) is -2.00. The first kappa shape index (κ1) is 23.6. The Labute approximate surface area is 171 Å². The number of halogens is 3. The number of likely N-dealkylation sites (tertiary alicyclic amines) is 1. The summed E-state index contributed by atoms with van der Waals surface area (Å²) in [7, 11) is 3.54. The van der Waals surface area contributed by atoms with Crippen LogP contribution in [-0.4, -0.2) is 78.3 Å². The first-order valence-electron chi connectivity index (χ1n) is 9.22. The number of carbonyl (C=O) groups is 2. The molecule has 29 heavy (non-hydrogen) atoms. The normalized spacial score (nSPS) is 24.0. The van der Waals surface area contributed by atoms with Crippen molar-refractivity contribution in [3.8, 4) is 0 Å². The van der Waals surface area contributed by atoms with E-state index in [4.69, 9.17) is 14.6 Å². The quantitative estimate of drug-likeness (QED) is 0.736. The summed E-state index contributed by atoms with van der Waals surface area (Å²) in [5.41, 5.74) is 0.254. The second-order valence-electron chi connectivity index (χ2n) is 7.63. The van der Waals surface area contributed by atoms with Crippen molar-refractivity contribution in [2.45, 2.75) is 32.0 Å². The number of alkyl halides is 3. The molecule has 1 aromatic heterocycles. The van der Waals surface area contributed by atoms with Gasteiger partial charge in [0.2, 0.25) is 5.91 Å². The van der Waals surface area contributed by atoms with Gasteiger partial charge in [-0.3, -0.25) is 9.69 Å². The molecule has 1 amide bonds. The molecule has 1 N–H and O–H groups in total. The van der Waals surface area contributed by atoms with Gasteiger partial charge in [0, 0.05) is 44.2 Å². The number of hydrogen-bond donors (Lipinski definition) is 1. The summed E-state index contributed by atoms with van der Waals surface area (Å²) < 4.78 is 37.5. The van der Waals surface area contributed by atoms with Crippen molar-refractivity contribution >= 4 is 23.2 Å². The van der Waals surface area contributed by atoms with Crippen LogP contribution in [0.5, 0.6) is 0 Å². The number of thiazole rings is 1. The van der Waals surface area contributed by atoms with Gasteiger partial charge in [-0.15, -0.1) is 11.3 Å². The number of hydrogen-bond acceptors (Lipinski definition) is 6. The van der Waals surface area contributed by atoms with E-state index < -0.39 is 12.1 Å². The first-order chi connectivity index (χ1) is 13.5. The third kappa shape index (κ3) is 6.65. The largest absolute Gasteiger partial charge is 0.490 e. The van der Waals surface area contributed by atoms with Gasteiger partial charge >= 0.3 is 12.1 Å². The molecule has 1 saturated carbocycles. The molecule has 0 unspecified atom stereocenters. The molecule has 2 heterocycles. The number of likely N-dealkylation sites (N-methyl/N-ethyl adjacent to an activating group) is 1. The van der Waals surface area contributed by atoms with Gasteiger partial charge in [-0.05, 0) is 18.8 Å². The zero-order valence-electron chi connectivity index (χ0n) is 16.4. The smallest absolute Gasteiger partial charge is 0.475 e. The minimum absolute atomic E-state index is 0.0450. The molecular formula is C18H26F3N3O4S. The fraction of sp³-hybridized carbons (Fsp3) is 0.722. The molecular weight excluding hydrogens is 411 g/mol. The average molecular weight is 437 g/mol. The highest BCUT2D eigenvalue weighted by atomic mass is 32.1. The van der Waals surface area contributed by atoms with Gasteiger partial charge in [-0.25, -0.2) is 9.78 Å². The second-order valence-corrected chi connectivity index (χ2v) is 8.61. The van der Waals surface area contributed by atoms with Crippen LogP contribution in [0.2, 0.25) is 0 Å². The highest BCUT2D eigenvalue weighted by molar-refractivity contribution is 7.09. The van der Waals surface area contributed by atoms with Crippen molar-refractivity contribution in [1.29, 1.82) is 0 Å². The van der Waals surface area contributed by atoms with Crippen LogP contribution in [0.3, 0.4) is 0 Å². The number of carboxylic acids is 1. The van der Waals surface area contributed by atoms with Crippen molar-refractivity contribution in [3.05, 3.63) is 16.6 Å². The number of aliphatic carboxylic acids is 1. The Kier molecular flexibility index (Phi) is 8.01. The molecule has 1 aliphatic heterocycles. The highest BCUT2D eigenvalue weighted by Gasteiger charge is 2.49. The van der Waals surface area contributed by atoms with Crippen LogP contribution in [-0.2, 0) is 20.9 Å². The zero-order chi connectivity index (χ0) is 21.7. The van der Waals surface area contributed by atoms with E-state index in [0.29, 0.717) is 12.5 Å². The Hall–Kier alpha value is -1.72. The molecule has 1 saturated heterocycles. The summed E-state index contributed by atoms with van der Waals surface area (Å²) in [6.45, 7) is 4.09. The maximum Gasteiger partial charge on any atom is 0.490 e. The van der Waals surface area contributed by atoms with Crippen LogP contribution < -0.4 is 0 Å². The van der Waals surface area contributed by atoms with Gasteiger partial charge in [-0.2, -0.15) is 13.2 Å². The SMILES string of the molecule is CN(C)C(=O)COC[C@@]12CCC[C@@H]1CN(Cc1nccs1)C2.O=C(O)C(F)(F)F. The molecule has 164 valence electrons. The van der Waals surface area contributed by atoms with E-state index in [0.717, 1.165) is 19.6 Å². The van der Waals surface area contributed by atoms with Crippen molar-refractivity contribution in [3.63, 3.8) is 0 Å². The molecule has 3 rings (SSSR count). The fourth-order valence-electron chi connectivity index (χ4n) is 3.87. The molecule has 0 radical (unpaired) electrons. The van der Waals surface area contributed by atoms with E-state index in [9.17, 15) is 18.0 Å². The summed E-state index contributed by atoms with van der Waals surface area (Å²) in [4.78, 5) is 29.1. The van der Waals surface area contributed by atoms with Crippen molar-refractivity contribution < 1.29 is 32.6 Å². The minimum atomic E-state index is -5.08. The van der Waals surface area contributed by atoms with Gasteiger partial charge in [0.1, 0.15) is 11.6 Å². The molecule has 0 aromatic carbocycles.